The van der Waals surface area contributed by atoms with Crippen LogP contribution in [0.3, 0.4) is 0 Å². The van der Waals surface area contributed by atoms with Crippen LogP contribution in [0.1, 0.15) is 36.3 Å². The number of rotatable bonds is 13. The molecule has 0 aliphatic carbocycles. The average molecular weight is 593 g/mol. The van der Waals surface area contributed by atoms with E-state index in [-0.39, 0.29) is 30.0 Å². The molecule has 0 radical (unpaired) electrons. The molecular weight excluding hydrogens is 552 g/mol. The maximum atomic E-state index is 13.2. The molecular formula is C32H40N4O5S. The van der Waals surface area contributed by atoms with E-state index in [2.05, 4.69) is 4.90 Å². The minimum absolute atomic E-state index is 0.00624. The van der Waals surface area contributed by atoms with Gasteiger partial charge in [0.05, 0.1) is 4.90 Å². The van der Waals surface area contributed by atoms with Crippen LogP contribution in [-0.4, -0.2) is 80.3 Å². The topological polar surface area (TPSA) is 113 Å². The molecule has 2 N–H and O–H groups in total. The molecule has 1 fully saturated rings. The van der Waals surface area contributed by atoms with Gasteiger partial charge in [-0.25, -0.2) is 17.5 Å². The van der Waals surface area contributed by atoms with Gasteiger partial charge in [0.15, 0.2) is 0 Å². The van der Waals surface area contributed by atoms with Crippen molar-refractivity contribution in [2.75, 3.05) is 39.8 Å². The number of nitrogens with zero attached hydrogens (tertiary/aromatic N) is 3. The second kappa shape index (κ2) is 14.9. The number of carbonyl (C=O) groups is 2. The summed E-state index contributed by atoms with van der Waals surface area (Å²) in [5.74, 6) is -0.568. The van der Waals surface area contributed by atoms with Crippen LogP contribution in [0.25, 0.3) is 0 Å². The first-order valence-electron chi connectivity index (χ1n) is 14.3. The fraction of sp³-hybridized carbons (Fsp3) is 0.375. The van der Waals surface area contributed by atoms with Crippen LogP contribution in [0.15, 0.2) is 95.9 Å². The van der Waals surface area contributed by atoms with E-state index in [1.54, 1.807) is 37.4 Å². The maximum absolute atomic E-state index is 13.2. The third-order valence-electron chi connectivity index (χ3n) is 7.76. The monoisotopic (exact) mass is 592 g/mol. The molecule has 4 rings (SSSR count). The average Bonchev–Trinajstić information content (AvgIpc) is 3.02. The normalized spacial score (nSPS) is 15.3. The number of benzene rings is 3. The summed E-state index contributed by atoms with van der Waals surface area (Å²) < 4.78 is 33.4. The minimum Gasteiger partial charge on any atom is -0.445 e. The van der Waals surface area contributed by atoms with Gasteiger partial charge in [0.1, 0.15) is 13.2 Å². The van der Waals surface area contributed by atoms with Crippen molar-refractivity contribution in [1.82, 2.24) is 14.1 Å². The van der Waals surface area contributed by atoms with Gasteiger partial charge in [-0.2, -0.15) is 0 Å². The Morgan fingerprint density at radius 1 is 0.929 bits per heavy atom. The molecule has 1 heterocycles. The van der Waals surface area contributed by atoms with Gasteiger partial charge in [0.25, 0.3) is 0 Å². The van der Waals surface area contributed by atoms with Gasteiger partial charge < -0.3 is 15.4 Å². The molecule has 1 unspecified atom stereocenters. The summed E-state index contributed by atoms with van der Waals surface area (Å²) in [5, 5.41) is 0. The van der Waals surface area contributed by atoms with Crippen LogP contribution < -0.4 is 5.73 Å². The number of primary amides is 1. The summed E-state index contributed by atoms with van der Waals surface area (Å²) in [6, 6.07) is 27.7. The Morgan fingerprint density at radius 2 is 1.50 bits per heavy atom. The van der Waals surface area contributed by atoms with E-state index >= 15 is 0 Å². The SMILES string of the molecule is CN(CC(CCN1CCC(N(CC(N)=O)C(=O)OCc2ccccc2)CC1)c1ccccc1)S(=O)(=O)c1ccccc1. The predicted octanol–water partition coefficient (Wildman–Crippen LogP) is 4.07. The van der Waals surface area contributed by atoms with Crippen molar-refractivity contribution < 1.29 is 22.7 Å². The fourth-order valence-corrected chi connectivity index (χ4v) is 6.61. The number of ether oxygens (including phenoxy) is 1. The van der Waals surface area contributed by atoms with Crippen LogP contribution in [-0.2, 0) is 26.2 Å². The smallest absolute Gasteiger partial charge is 0.410 e. The molecule has 0 spiro atoms. The molecule has 3 aromatic carbocycles. The van der Waals surface area contributed by atoms with E-state index in [4.69, 9.17) is 10.5 Å². The molecule has 1 aliphatic heterocycles. The molecule has 224 valence electrons. The number of likely N-dealkylation sites (tertiary alicyclic amines) is 1. The van der Waals surface area contributed by atoms with Gasteiger partial charge in [-0.1, -0.05) is 78.9 Å². The zero-order chi connectivity index (χ0) is 30.0. The van der Waals surface area contributed by atoms with Crippen molar-refractivity contribution in [1.29, 1.82) is 0 Å². The van der Waals surface area contributed by atoms with Crippen molar-refractivity contribution in [2.24, 2.45) is 5.73 Å². The number of sulfonamides is 1. The van der Waals surface area contributed by atoms with E-state index in [0.717, 1.165) is 37.2 Å². The second-order valence-electron chi connectivity index (χ2n) is 10.7. The highest BCUT2D eigenvalue weighted by molar-refractivity contribution is 7.89. The third kappa shape index (κ3) is 8.64. The lowest BCUT2D eigenvalue weighted by atomic mass is 9.94. The molecule has 42 heavy (non-hydrogen) atoms. The number of hydrogen-bond donors (Lipinski definition) is 1. The van der Waals surface area contributed by atoms with Crippen molar-refractivity contribution in [2.45, 2.75) is 42.7 Å². The Bertz CT molecular complexity index is 1380. The van der Waals surface area contributed by atoms with E-state index in [9.17, 15) is 18.0 Å². The summed E-state index contributed by atoms with van der Waals surface area (Å²) in [4.78, 5) is 28.8. The fourth-order valence-electron chi connectivity index (χ4n) is 5.38. The molecule has 1 saturated heterocycles. The van der Waals surface area contributed by atoms with E-state index in [1.807, 2.05) is 60.7 Å². The molecule has 0 bridgehead atoms. The van der Waals surface area contributed by atoms with Gasteiger partial charge >= 0.3 is 6.09 Å². The van der Waals surface area contributed by atoms with Crippen LogP contribution >= 0.6 is 0 Å². The van der Waals surface area contributed by atoms with Crippen LogP contribution in [0, 0.1) is 0 Å². The number of piperidine rings is 1. The van der Waals surface area contributed by atoms with E-state index < -0.39 is 22.0 Å². The first-order valence-corrected chi connectivity index (χ1v) is 15.7. The van der Waals surface area contributed by atoms with E-state index in [0.29, 0.717) is 19.4 Å². The summed E-state index contributed by atoms with van der Waals surface area (Å²) in [6.45, 7) is 2.56. The van der Waals surface area contributed by atoms with Gasteiger partial charge in [-0.15, -0.1) is 0 Å². The Hall–Kier alpha value is -3.73. The van der Waals surface area contributed by atoms with E-state index in [1.165, 1.54) is 9.21 Å². The third-order valence-corrected chi connectivity index (χ3v) is 9.59. The minimum atomic E-state index is -3.61. The molecule has 0 aromatic heterocycles. The maximum Gasteiger partial charge on any atom is 0.410 e. The van der Waals surface area contributed by atoms with Crippen molar-refractivity contribution in [3.63, 3.8) is 0 Å². The zero-order valence-electron chi connectivity index (χ0n) is 24.0. The largest absolute Gasteiger partial charge is 0.445 e. The highest BCUT2D eigenvalue weighted by Gasteiger charge is 2.31. The number of likely N-dealkylation sites (N-methyl/N-ethyl adjacent to an activating group) is 1. The van der Waals surface area contributed by atoms with Crippen LogP contribution in [0.5, 0.6) is 0 Å². The summed E-state index contributed by atoms with van der Waals surface area (Å²) in [7, 11) is -1.98. The Morgan fingerprint density at radius 3 is 2.10 bits per heavy atom. The van der Waals surface area contributed by atoms with Crippen LogP contribution in [0.4, 0.5) is 4.79 Å². The Balaban J connectivity index is 1.35. The summed E-state index contributed by atoms with van der Waals surface area (Å²) in [5.41, 5.74) is 7.43. The van der Waals surface area contributed by atoms with Crippen molar-refractivity contribution in [3.05, 3.63) is 102 Å². The standard InChI is InChI=1S/C32H40N4O5S/c1-34(42(39,40)30-15-9-4-10-16-30)23-28(27-13-7-3-8-14-27)17-20-35-21-18-29(19-22-35)36(24-31(33)37)32(38)41-25-26-11-5-2-6-12-26/h2-16,28-29H,17-25H2,1H3,(H2,33,37). The number of nitrogens with two attached hydrogens (primary N) is 1. The molecule has 10 heteroatoms. The molecule has 1 atom stereocenters. The first-order chi connectivity index (χ1) is 20.2. The lowest BCUT2D eigenvalue weighted by Gasteiger charge is -2.38. The molecule has 2 amide bonds. The van der Waals surface area contributed by atoms with Crippen molar-refractivity contribution >= 4 is 22.0 Å². The summed E-state index contributed by atoms with van der Waals surface area (Å²) in [6.07, 6.45) is 1.61. The predicted molar refractivity (Wildman–Crippen MR) is 162 cm³/mol. The Labute approximate surface area is 248 Å². The second-order valence-corrected chi connectivity index (χ2v) is 12.7. The highest BCUT2D eigenvalue weighted by atomic mass is 32.2. The first kappa shape index (κ1) is 31.2. The lowest BCUT2D eigenvalue weighted by Crippen LogP contribution is -2.50. The Kier molecular flexibility index (Phi) is 11.1. The van der Waals surface area contributed by atoms with Gasteiger partial charge in [-0.3, -0.25) is 9.69 Å². The number of amides is 2. The summed E-state index contributed by atoms with van der Waals surface area (Å²) >= 11 is 0. The number of carbonyl (C=O) groups excluding carboxylic acids is 2. The number of hydrogen-bond acceptors (Lipinski definition) is 6. The molecule has 9 nitrogen and oxygen atoms in total. The molecule has 0 saturated carbocycles. The van der Waals surface area contributed by atoms with Crippen LogP contribution in [0.2, 0.25) is 0 Å². The van der Waals surface area contributed by atoms with Gasteiger partial charge in [-0.05, 0) is 55.0 Å². The quantitative estimate of drug-likeness (QED) is 0.320. The van der Waals surface area contributed by atoms with Gasteiger partial charge in [0.2, 0.25) is 15.9 Å². The van der Waals surface area contributed by atoms with Gasteiger partial charge in [0, 0.05) is 32.7 Å². The van der Waals surface area contributed by atoms with Crippen molar-refractivity contribution in [3.8, 4) is 0 Å². The molecule has 1 aliphatic rings. The highest BCUT2D eigenvalue weighted by Crippen LogP contribution is 2.26. The zero-order valence-corrected chi connectivity index (χ0v) is 24.9. The molecule has 3 aromatic rings. The lowest BCUT2D eigenvalue weighted by molar-refractivity contribution is -0.119.